The number of pyridine rings is 1. The third-order valence-corrected chi connectivity index (χ3v) is 6.80. The fourth-order valence-corrected chi connectivity index (χ4v) is 4.86. The maximum Gasteiger partial charge on any atom is 0.263 e. The van der Waals surface area contributed by atoms with Crippen molar-refractivity contribution in [1.82, 2.24) is 14.5 Å². The van der Waals surface area contributed by atoms with Crippen LogP contribution in [0, 0.1) is 12.7 Å². The average molecular weight is 511 g/mol. The van der Waals surface area contributed by atoms with Crippen LogP contribution >= 0.6 is 24.2 Å². The first-order valence-electron chi connectivity index (χ1n) is 11.2. The van der Waals surface area contributed by atoms with Crippen LogP contribution < -0.4 is 10.5 Å². The number of rotatable bonds is 3. The Labute approximate surface area is 212 Å². The van der Waals surface area contributed by atoms with Gasteiger partial charge < -0.3 is 9.64 Å². The van der Waals surface area contributed by atoms with E-state index in [1.54, 1.807) is 32.2 Å². The molecule has 0 N–H and O–H groups in total. The van der Waals surface area contributed by atoms with Crippen LogP contribution in [-0.2, 0) is 11.8 Å². The highest BCUT2D eigenvalue weighted by molar-refractivity contribution is 7.80. The second kappa shape index (κ2) is 9.26. The van der Waals surface area contributed by atoms with E-state index in [1.165, 1.54) is 10.6 Å². The third-order valence-electron chi connectivity index (χ3n) is 6.28. The largest absolute Gasteiger partial charge is 0.367 e. The Morgan fingerprint density at radius 3 is 2.69 bits per heavy atom. The van der Waals surface area contributed by atoms with Crippen LogP contribution in [0.5, 0.6) is 0 Å². The molecule has 5 rings (SSSR count). The minimum atomic E-state index is -0.551. The molecule has 6 nitrogen and oxygen atoms in total. The van der Waals surface area contributed by atoms with Crippen molar-refractivity contribution in [2.24, 2.45) is 7.05 Å². The molecule has 1 aliphatic heterocycles. The number of fused-ring (bicyclic) bond motifs is 1. The van der Waals surface area contributed by atoms with E-state index in [1.807, 2.05) is 31.2 Å². The molecule has 0 bridgehead atoms. The molecule has 0 spiro atoms. The monoisotopic (exact) mass is 510 g/mol. The first-order valence-corrected chi connectivity index (χ1v) is 12.1. The van der Waals surface area contributed by atoms with Gasteiger partial charge in [0, 0.05) is 41.7 Å². The number of hydrogen-bond acceptors (Lipinski definition) is 6. The Bertz CT molecular complexity index is 1510. The van der Waals surface area contributed by atoms with Crippen molar-refractivity contribution in [1.29, 1.82) is 0 Å². The summed E-state index contributed by atoms with van der Waals surface area (Å²) in [5, 5.41) is 0.536. The van der Waals surface area contributed by atoms with Crippen LogP contribution in [-0.4, -0.2) is 33.7 Å². The molecule has 1 aliphatic rings. The average Bonchev–Trinajstić information content (AvgIpc) is 2.81. The van der Waals surface area contributed by atoms with Gasteiger partial charge in [-0.05, 0) is 49.7 Å². The molecule has 0 saturated carbocycles. The van der Waals surface area contributed by atoms with Gasteiger partial charge in [0.05, 0.1) is 22.7 Å². The molecule has 0 aliphatic carbocycles. The lowest BCUT2D eigenvalue weighted by Crippen LogP contribution is -2.43. The third kappa shape index (κ3) is 4.53. The summed E-state index contributed by atoms with van der Waals surface area (Å²) in [4.78, 5) is 25.6. The van der Waals surface area contributed by atoms with E-state index in [-0.39, 0.29) is 39.4 Å². The second-order valence-electron chi connectivity index (χ2n) is 8.81. The summed E-state index contributed by atoms with van der Waals surface area (Å²) in [6, 6.07) is 14.0. The highest BCUT2D eigenvalue weighted by Gasteiger charge is 2.29. The van der Waals surface area contributed by atoms with E-state index in [0.717, 1.165) is 10.5 Å². The van der Waals surface area contributed by atoms with E-state index in [2.05, 4.69) is 22.5 Å². The summed E-state index contributed by atoms with van der Waals surface area (Å²) < 4.78 is 22.7. The number of aromatic nitrogens is 3. The molecule has 2 aromatic carbocycles. The summed E-state index contributed by atoms with van der Waals surface area (Å²) in [6.07, 6.45) is -0.277. The van der Waals surface area contributed by atoms with E-state index in [9.17, 15) is 4.79 Å². The van der Waals surface area contributed by atoms with Gasteiger partial charge >= 0.3 is 0 Å². The predicted octanol–water partition coefficient (Wildman–Crippen LogP) is 5.35. The van der Waals surface area contributed by atoms with Gasteiger partial charge in [0.1, 0.15) is 23.6 Å². The smallest absolute Gasteiger partial charge is 0.263 e. The second-order valence-corrected chi connectivity index (χ2v) is 9.76. The predicted molar refractivity (Wildman–Crippen MR) is 139 cm³/mol. The van der Waals surface area contributed by atoms with Crippen LogP contribution in [0.3, 0.4) is 0 Å². The van der Waals surface area contributed by atoms with Crippen LogP contribution in [0.1, 0.15) is 24.4 Å². The van der Waals surface area contributed by atoms with Gasteiger partial charge in [-0.1, -0.05) is 23.7 Å². The van der Waals surface area contributed by atoms with Crippen LogP contribution in [0.25, 0.3) is 22.2 Å². The summed E-state index contributed by atoms with van der Waals surface area (Å²) in [7, 11) is 1.64. The van der Waals surface area contributed by atoms with E-state index in [4.69, 9.17) is 21.3 Å². The normalized spacial score (nSPS) is 18.3. The van der Waals surface area contributed by atoms with Crippen LogP contribution in [0.4, 0.5) is 10.2 Å². The van der Waals surface area contributed by atoms with Gasteiger partial charge in [-0.25, -0.2) is 14.4 Å². The Balaban J connectivity index is 1.68. The van der Waals surface area contributed by atoms with Gasteiger partial charge in [-0.3, -0.25) is 9.36 Å². The van der Waals surface area contributed by atoms with Gasteiger partial charge in [0.15, 0.2) is 0 Å². The minimum Gasteiger partial charge on any atom is -0.367 e. The van der Waals surface area contributed by atoms with Crippen molar-refractivity contribution in [2.45, 2.75) is 31.0 Å². The van der Waals surface area contributed by atoms with E-state index >= 15 is 4.39 Å². The quantitative estimate of drug-likeness (QED) is 0.376. The topological polar surface area (TPSA) is 60.2 Å². The Kier molecular flexibility index (Phi) is 6.29. The van der Waals surface area contributed by atoms with Crippen molar-refractivity contribution in [3.63, 3.8) is 0 Å². The molecule has 3 heterocycles. The Hall–Kier alpha value is -2.94. The highest BCUT2D eigenvalue weighted by Crippen LogP contribution is 2.34. The fraction of sp³-hybridized carbons (Fsp3) is 0.269. The van der Waals surface area contributed by atoms with Crippen LogP contribution in [0.2, 0.25) is 5.02 Å². The molecular weight excluding hydrogens is 487 g/mol. The summed E-state index contributed by atoms with van der Waals surface area (Å²) >= 11 is 10.4. The van der Waals surface area contributed by atoms with Gasteiger partial charge in [0.2, 0.25) is 0 Å². The Morgan fingerprint density at radius 1 is 1.14 bits per heavy atom. The first-order chi connectivity index (χ1) is 16.7. The molecule has 9 heteroatoms. The van der Waals surface area contributed by atoms with Gasteiger partial charge in [-0.2, -0.15) is 0 Å². The number of morpholine rings is 1. The maximum absolute atomic E-state index is 15.0. The van der Waals surface area contributed by atoms with Crippen molar-refractivity contribution < 1.29 is 9.13 Å². The van der Waals surface area contributed by atoms with Crippen molar-refractivity contribution in [3.8, 4) is 11.3 Å². The first kappa shape index (κ1) is 23.8. The molecule has 2 atom stereocenters. The van der Waals surface area contributed by atoms with Crippen LogP contribution in [0.15, 0.2) is 58.2 Å². The number of thiol groups is 1. The fourth-order valence-electron chi connectivity index (χ4n) is 4.47. The van der Waals surface area contributed by atoms with E-state index in [0.29, 0.717) is 30.2 Å². The zero-order valence-electron chi connectivity index (χ0n) is 19.5. The molecule has 1 saturated heterocycles. The minimum absolute atomic E-state index is 0.0797. The zero-order valence-corrected chi connectivity index (χ0v) is 21.1. The molecular formula is C26H24ClFN4O2S. The van der Waals surface area contributed by atoms with E-state index < -0.39 is 5.82 Å². The molecule has 0 amide bonds. The zero-order chi connectivity index (χ0) is 24.9. The van der Waals surface area contributed by atoms with Gasteiger partial charge in [0.25, 0.3) is 5.56 Å². The van der Waals surface area contributed by atoms with Crippen molar-refractivity contribution in [3.05, 3.63) is 81.1 Å². The lowest BCUT2D eigenvalue weighted by molar-refractivity contribution is -0.0176. The lowest BCUT2D eigenvalue weighted by Gasteiger charge is -2.38. The summed E-state index contributed by atoms with van der Waals surface area (Å²) in [5.41, 5.74) is 1.64. The number of benzene rings is 2. The summed E-state index contributed by atoms with van der Waals surface area (Å²) in [6.45, 7) is 4.89. The molecule has 180 valence electrons. The molecule has 0 unspecified atom stereocenters. The van der Waals surface area contributed by atoms with Crippen molar-refractivity contribution in [2.75, 3.05) is 18.0 Å². The SMILES string of the molecule is Cc1nc2cc(N3C[C@@H](C)O[C@H](c4cccc(S)c4)C3)nc(-c3ccc(Cl)cc3F)c2c(=O)n1C. The molecule has 4 aromatic rings. The maximum atomic E-state index is 15.0. The van der Waals surface area contributed by atoms with Gasteiger partial charge in [-0.15, -0.1) is 12.6 Å². The summed E-state index contributed by atoms with van der Waals surface area (Å²) in [5.74, 6) is 0.607. The molecule has 35 heavy (non-hydrogen) atoms. The number of ether oxygens (including phenoxy) is 1. The number of nitrogens with zero attached hydrogens (tertiary/aromatic N) is 4. The lowest BCUT2D eigenvalue weighted by atomic mass is 10.0. The molecule has 0 radical (unpaired) electrons. The number of hydrogen-bond donors (Lipinski definition) is 1. The Morgan fingerprint density at radius 2 is 1.94 bits per heavy atom. The number of aryl methyl sites for hydroxylation is 1. The molecule has 2 aromatic heterocycles. The number of anilines is 1. The van der Waals surface area contributed by atoms with Crippen molar-refractivity contribution >= 4 is 41.0 Å². The number of halogens is 2. The molecule has 1 fully saturated rings. The highest BCUT2D eigenvalue weighted by atomic mass is 35.5. The standard InChI is InChI=1S/C26H24ClFN4O2S/c1-14-12-32(13-22(34-14)16-5-4-6-18(35)9-16)23-11-21-24(26(33)31(3)15(2)29-21)25(30-23)19-8-7-17(27)10-20(19)28/h4-11,14,22,35H,12-13H2,1-3H3/t14-,22+/m1/s1.